The van der Waals surface area contributed by atoms with Crippen LogP contribution in [0.2, 0.25) is 0 Å². The maximum atomic E-state index is 12.1. The summed E-state index contributed by atoms with van der Waals surface area (Å²) >= 11 is 0. The summed E-state index contributed by atoms with van der Waals surface area (Å²) < 4.78 is 16.2. The Balaban J connectivity index is 2.17. The molecule has 160 valence electrons. The highest BCUT2D eigenvalue weighted by Gasteiger charge is 2.60. The highest BCUT2D eigenvalue weighted by atomic mass is 16.7. The number of aliphatic hydroxyl groups is 3. The molecule has 0 amide bonds. The van der Waals surface area contributed by atoms with Crippen LogP contribution in [0.3, 0.4) is 0 Å². The van der Waals surface area contributed by atoms with E-state index in [0.717, 1.165) is 0 Å². The van der Waals surface area contributed by atoms with Gasteiger partial charge in [0.2, 0.25) is 6.29 Å². The fourth-order valence-corrected chi connectivity index (χ4v) is 3.82. The molecule has 1 aliphatic heterocycles. The predicted octanol–water partition coefficient (Wildman–Crippen LogP) is 1.13. The zero-order valence-corrected chi connectivity index (χ0v) is 17.0. The summed E-state index contributed by atoms with van der Waals surface area (Å²) in [6.45, 7) is 6.80. The normalized spacial score (nSPS) is 32.0. The van der Waals surface area contributed by atoms with Gasteiger partial charge in [0.25, 0.3) is 0 Å². The summed E-state index contributed by atoms with van der Waals surface area (Å²) in [5, 5.41) is 30.9. The van der Waals surface area contributed by atoms with Crippen LogP contribution in [0.1, 0.15) is 47.0 Å². The Hall–Kier alpha value is -1.64. The van der Waals surface area contributed by atoms with E-state index >= 15 is 0 Å². The predicted molar refractivity (Wildman–Crippen MR) is 98.6 cm³/mol. The average Bonchev–Trinajstić information content (AvgIpc) is 2.85. The van der Waals surface area contributed by atoms with Crippen molar-refractivity contribution in [2.45, 2.75) is 65.0 Å². The number of fused-ring (bicyclic) bond motifs is 1. The summed E-state index contributed by atoms with van der Waals surface area (Å²) in [6.07, 6.45) is -0.401. The van der Waals surface area contributed by atoms with Gasteiger partial charge >= 0.3 is 11.9 Å². The quantitative estimate of drug-likeness (QED) is 0.518. The van der Waals surface area contributed by atoms with Crippen LogP contribution >= 0.6 is 0 Å². The van der Waals surface area contributed by atoms with E-state index in [1.807, 2.05) is 27.7 Å². The minimum Gasteiger partial charge on any atom is -0.462 e. The smallest absolute Gasteiger partial charge is 0.309 e. The van der Waals surface area contributed by atoms with Gasteiger partial charge in [-0.15, -0.1) is 0 Å². The maximum Gasteiger partial charge on any atom is 0.309 e. The number of carbonyl (C=O) groups is 2. The van der Waals surface area contributed by atoms with Crippen molar-refractivity contribution in [3.8, 4) is 0 Å². The molecule has 0 spiro atoms. The third-order valence-electron chi connectivity index (χ3n) is 5.24. The molecule has 0 aromatic rings. The van der Waals surface area contributed by atoms with Crippen LogP contribution in [0.4, 0.5) is 0 Å². The molecule has 1 aliphatic carbocycles. The molecule has 1 heterocycles. The SMILES string of the molecule is CC(C)CC(=O)OCC1=CO[C@H](OC(=O)CC(C)C)[C@H]2[C@@H]1C[C@H](O)[C@]2(O)CO. The van der Waals surface area contributed by atoms with Crippen molar-refractivity contribution in [3.05, 3.63) is 11.8 Å². The molecule has 0 saturated heterocycles. The fourth-order valence-electron chi connectivity index (χ4n) is 3.82. The van der Waals surface area contributed by atoms with E-state index in [9.17, 15) is 24.9 Å². The molecule has 0 unspecified atom stereocenters. The molecule has 28 heavy (non-hydrogen) atoms. The van der Waals surface area contributed by atoms with Crippen molar-refractivity contribution in [1.82, 2.24) is 0 Å². The second-order valence-electron chi connectivity index (χ2n) is 8.58. The molecule has 2 aliphatic rings. The second-order valence-corrected chi connectivity index (χ2v) is 8.58. The Morgan fingerprint density at radius 2 is 1.82 bits per heavy atom. The van der Waals surface area contributed by atoms with Gasteiger partial charge < -0.3 is 29.5 Å². The zero-order chi connectivity index (χ0) is 21.1. The van der Waals surface area contributed by atoms with Gasteiger partial charge in [0.15, 0.2) is 0 Å². The average molecular weight is 400 g/mol. The second kappa shape index (κ2) is 9.24. The van der Waals surface area contributed by atoms with Crippen LogP contribution in [0.25, 0.3) is 0 Å². The molecule has 1 saturated carbocycles. The van der Waals surface area contributed by atoms with Crippen molar-refractivity contribution >= 4 is 11.9 Å². The highest BCUT2D eigenvalue weighted by Crippen LogP contribution is 2.49. The number of hydrogen-bond acceptors (Lipinski definition) is 8. The molecular weight excluding hydrogens is 368 g/mol. The lowest BCUT2D eigenvalue weighted by Gasteiger charge is -2.39. The van der Waals surface area contributed by atoms with Gasteiger partial charge in [-0.2, -0.15) is 0 Å². The van der Waals surface area contributed by atoms with E-state index in [2.05, 4.69) is 0 Å². The Morgan fingerprint density at radius 1 is 1.21 bits per heavy atom. The first-order valence-electron chi connectivity index (χ1n) is 9.79. The van der Waals surface area contributed by atoms with Crippen LogP contribution in [0, 0.1) is 23.7 Å². The van der Waals surface area contributed by atoms with Crippen molar-refractivity contribution in [2.75, 3.05) is 13.2 Å². The fraction of sp³-hybridized carbons (Fsp3) is 0.800. The summed E-state index contributed by atoms with van der Waals surface area (Å²) in [5.74, 6) is -1.91. The summed E-state index contributed by atoms with van der Waals surface area (Å²) in [7, 11) is 0. The van der Waals surface area contributed by atoms with Crippen LogP contribution in [-0.2, 0) is 23.8 Å². The molecule has 8 nitrogen and oxygen atoms in total. The molecule has 2 rings (SSSR count). The maximum absolute atomic E-state index is 12.1. The first kappa shape index (κ1) is 22.6. The molecule has 3 N–H and O–H groups in total. The number of carbonyl (C=O) groups excluding carboxylic acids is 2. The van der Waals surface area contributed by atoms with Crippen LogP contribution in [-0.4, -0.2) is 58.5 Å². The lowest BCUT2D eigenvalue weighted by Crippen LogP contribution is -2.54. The molecule has 0 aromatic heterocycles. The Kier molecular flexibility index (Phi) is 7.47. The first-order valence-corrected chi connectivity index (χ1v) is 9.79. The number of rotatable bonds is 8. The minimum atomic E-state index is -1.88. The van der Waals surface area contributed by atoms with Gasteiger partial charge in [-0.25, -0.2) is 0 Å². The third-order valence-corrected chi connectivity index (χ3v) is 5.24. The van der Waals surface area contributed by atoms with Gasteiger partial charge in [-0.3, -0.25) is 9.59 Å². The topological polar surface area (TPSA) is 123 Å². The lowest BCUT2D eigenvalue weighted by atomic mass is 9.80. The number of aliphatic hydroxyl groups excluding tert-OH is 2. The molecule has 5 atom stereocenters. The van der Waals surface area contributed by atoms with Crippen LogP contribution in [0.5, 0.6) is 0 Å². The van der Waals surface area contributed by atoms with E-state index in [1.54, 1.807) is 0 Å². The van der Waals surface area contributed by atoms with Gasteiger partial charge in [-0.1, -0.05) is 27.7 Å². The number of hydrogen-bond donors (Lipinski definition) is 3. The van der Waals surface area contributed by atoms with E-state index < -0.39 is 42.4 Å². The summed E-state index contributed by atoms with van der Waals surface area (Å²) in [5.41, 5.74) is -1.31. The standard InChI is InChI=1S/C20H32O8/c1-11(2)5-16(23)26-8-13-9-27-19(28-17(24)6-12(3)4)18-14(13)7-15(22)20(18,25)10-21/h9,11-12,14-15,18-19,21-22,25H,5-8,10H2,1-4H3/t14-,15+,18-,19-,20-/m1/s1. The van der Waals surface area contributed by atoms with E-state index in [1.165, 1.54) is 6.26 Å². The molecule has 8 heteroatoms. The van der Waals surface area contributed by atoms with Crippen molar-refractivity contribution in [1.29, 1.82) is 0 Å². The van der Waals surface area contributed by atoms with Gasteiger partial charge in [0.05, 0.1) is 24.9 Å². The third kappa shape index (κ3) is 5.04. The van der Waals surface area contributed by atoms with E-state index in [4.69, 9.17) is 14.2 Å². The molecule has 1 fully saturated rings. The number of esters is 2. The Morgan fingerprint density at radius 3 is 2.39 bits per heavy atom. The molecule has 0 radical (unpaired) electrons. The molecular formula is C20H32O8. The van der Waals surface area contributed by atoms with E-state index in [0.29, 0.717) is 5.57 Å². The lowest BCUT2D eigenvalue weighted by molar-refractivity contribution is -0.218. The molecule has 0 bridgehead atoms. The first-order chi connectivity index (χ1) is 13.1. The minimum absolute atomic E-state index is 0.0480. The summed E-state index contributed by atoms with van der Waals surface area (Å²) in [4.78, 5) is 23.9. The van der Waals surface area contributed by atoms with Crippen molar-refractivity contribution < 1.29 is 39.1 Å². The van der Waals surface area contributed by atoms with Crippen molar-refractivity contribution in [3.63, 3.8) is 0 Å². The zero-order valence-electron chi connectivity index (χ0n) is 17.0. The van der Waals surface area contributed by atoms with Gasteiger partial charge in [0, 0.05) is 24.3 Å². The Labute approximate surface area is 165 Å². The van der Waals surface area contributed by atoms with E-state index in [-0.39, 0.29) is 43.7 Å². The monoisotopic (exact) mass is 400 g/mol. The highest BCUT2D eigenvalue weighted by molar-refractivity contribution is 5.70. The van der Waals surface area contributed by atoms with Gasteiger partial charge in [0.1, 0.15) is 12.2 Å². The van der Waals surface area contributed by atoms with Crippen LogP contribution in [0.15, 0.2) is 11.8 Å². The van der Waals surface area contributed by atoms with Gasteiger partial charge in [-0.05, 0) is 18.3 Å². The molecule has 0 aromatic carbocycles. The largest absolute Gasteiger partial charge is 0.462 e. The Bertz CT molecular complexity index is 599. The van der Waals surface area contributed by atoms with Crippen molar-refractivity contribution in [2.24, 2.45) is 23.7 Å². The van der Waals surface area contributed by atoms with Crippen LogP contribution < -0.4 is 0 Å². The number of ether oxygens (including phenoxy) is 3. The summed E-state index contributed by atoms with van der Waals surface area (Å²) in [6, 6.07) is 0.